The number of carbonyl (C=O) groups excluding carboxylic acids is 3. The maximum Gasteiger partial charge on any atom is 0.244 e. The molecule has 3 fully saturated rings. The van der Waals surface area contributed by atoms with Crippen LogP contribution in [0.15, 0.2) is 72.8 Å². The second-order valence-corrected chi connectivity index (χ2v) is 9.30. The Hall–Kier alpha value is -3.47. The summed E-state index contributed by atoms with van der Waals surface area (Å²) < 4.78 is 0. The number of benzene rings is 3. The third kappa shape index (κ3) is 2.88. The molecule has 2 bridgehead atoms. The van der Waals surface area contributed by atoms with Crippen LogP contribution >= 0.6 is 0 Å². The lowest BCUT2D eigenvalue weighted by Crippen LogP contribution is -2.39. The lowest BCUT2D eigenvalue weighted by atomic mass is 9.73. The second kappa shape index (κ2) is 7.30. The van der Waals surface area contributed by atoms with E-state index < -0.39 is 0 Å². The highest BCUT2D eigenvalue weighted by Crippen LogP contribution is 2.61. The van der Waals surface area contributed by atoms with Crippen LogP contribution in [0.3, 0.4) is 0 Å². The molecule has 1 N–H and O–H groups in total. The Morgan fingerprint density at radius 3 is 2.41 bits per heavy atom. The van der Waals surface area contributed by atoms with Crippen molar-refractivity contribution in [2.24, 2.45) is 23.7 Å². The van der Waals surface area contributed by atoms with Crippen LogP contribution in [0.4, 0.5) is 5.69 Å². The minimum atomic E-state index is -0.338. The lowest BCUT2D eigenvalue weighted by molar-refractivity contribution is -0.143. The van der Waals surface area contributed by atoms with E-state index in [0.717, 1.165) is 23.6 Å². The van der Waals surface area contributed by atoms with Crippen LogP contribution in [0.1, 0.15) is 24.3 Å². The summed E-state index contributed by atoms with van der Waals surface area (Å²) in [4.78, 5) is 40.5. The number of anilines is 1. The van der Waals surface area contributed by atoms with Gasteiger partial charge in [0.25, 0.3) is 0 Å². The zero-order valence-electron chi connectivity index (χ0n) is 17.6. The van der Waals surface area contributed by atoms with E-state index in [4.69, 9.17) is 0 Å². The quantitative estimate of drug-likeness (QED) is 0.639. The number of fused-ring (bicyclic) bond motifs is 6. The van der Waals surface area contributed by atoms with Gasteiger partial charge >= 0.3 is 0 Å². The van der Waals surface area contributed by atoms with Crippen molar-refractivity contribution in [1.82, 2.24) is 4.90 Å². The van der Waals surface area contributed by atoms with Crippen molar-refractivity contribution >= 4 is 34.2 Å². The van der Waals surface area contributed by atoms with Gasteiger partial charge in [-0.2, -0.15) is 0 Å². The summed E-state index contributed by atoms with van der Waals surface area (Å²) >= 11 is 0. The molecule has 3 aromatic rings. The molecule has 0 spiro atoms. The van der Waals surface area contributed by atoms with Crippen molar-refractivity contribution in [3.8, 4) is 0 Å². The van der Waals surface area contributed by atoms with E-state index in [1.54, 1.807) is 0 Å². The Morgan fingerprint density at radius 2 is 1.56 bits per heavy atom. The summed E-state index contributed by atoms with van der Waals surface area (Å²) in [5.74, 6) is -0.450. The molecule has 1 aliphatic heterocycles. The average Bonchev–Trinajstić information content (AvgIpc) is 3.48. The highest BCUT2D eigenvalue weighted by molar-refractivity contribution is 6.10. The number of nitrogens with zero attached hydrogens (tertiary/aromatic N) is 1. The molecule has 3 amide bonds. The van der Waals surface area contributed by atoms with Crippen molar-refractivity contribution < 1.29 is 14.4 Å². The Labute approximate surface area is 186 Å². The highest BCUT2D eigenvalue weighted by atomic mass is 16.2. The second-order valence-electron chi connectivity index (χ2n) is 9.30. The number of rotatable bonds is 4. The Balaban J connectivity index is 1.20. The van der Waals surface area contributed by atoms with Gasteiger partial charge in [0.1, 0.15) is 6.54 Å². The number of likely N-dealkylation sites (tertiary alicyclic amines) is 1. The molecule has 1 heterocycles. The van der Waals surface area contributed by atoms with E-state index in [0.29, 0.717) is 11.6 Å². The lowest BCUT2D eigenvalue weighted by Gasteiger charge is -2.28. The van der Waals surface area contributed by atoms with Crippen molar-refractivity contribution in [1.29, 1.82) is 0 Å². The number of nitrogens with one attached hydrogen (secondary N) is 1. The molecule has 0 unspecified atom stereocenters. The van der Waals surface area contributed by atoms with Crippen LogP contribution in [-0.2, 0) is 14.4 Å². The van der Waals surface area contributed by atoms with Crippen LogP contribution in [0.2, 0.25) is 0 Å². The monoisotopic (exact) mass is 424 g/mol. The molecular weight excluding hydrogens is 400 g/mol. The van der Waals surface area contributed by atoms with Crippen LogP contribution in [0.5, 0.6) is 0 Å². The number of amides is 3. The zero-order chi connectivity index (χ0) is 21.8. The summed E-state index contributed by atoms with van der Waals surface area (Å²) in [6.07, 6.45) is 1.88. The first kappa shape index (κ1) is 19.2. The van der Waals surface area contributed by atoms with Crippen LogP contribution in [0.25, 0.3) is 10.8 Å². The summed E-state index contributed by atoms with van der Waals surface area (Å²) in [6.45, 7) is -0.219. The predicted octanol–water partition coefficient (Wildman–Crippen LogP) is 4.20. The Bertz CT molecular complexity index is 1230. The third-order valence-electron chi connectivity index (χ3n) is 7.70. The SMILES string of the molecule is O=C(CN1C(=O)[C@@H]2[C@@H]3C[C@@H]([C@@H]2C1=O)[C@@H](c1ccccc1)C3)Nc1cccc2ccccc12. The first-order valence-corrected chi connectivity index (χ1v) is 11.3. The molecule has 32 heavy (non-hydrogen) atoms. The van der Waals surface area contributed by atoms with Gasteiger partial charge in [-0.15, -0.1) is 0 Å². The molecule has 5 atom stereocenters. The Kier molecular flexibility index (Phi) is 4.39. The van der Waals surface area contributed by atoms with Gasteiger partial charge < -0.3 is 5.32 Å². The Morgan fingerprint density at radius 1 is 0.844 bits per heavy atom. The minimum Gasteiger partial charge on any atom is -0.324 e. The van der Waals surface area contributed by atoms with Crippen molar-refractivity contribution in [2.75, 3.05) is 11.9 Å². The fourth-order valence-corrected chi connectivity index (χ4v) is 6.43. The summed E-state index contributed by atoms with van der Waals surface area (Å²) in [5.41, 5.74) is 1.95. The smallest absolute Gasteiger partial charge is 0.244 e. The van der Waals surface area contributed by atoms with E-state index in [9.17, 15) is 14.4 Å². The molecule has 3 aromatic carbocycles. The molecule has 5 nitrogen and oxygen atoms in total. The number of imide groups is 1. The standard InChI is InChI=1S/C27H24N2O3/c30-23(28-22-12-6-10-16-9-4-5-11-19(16)22)15-29-26(31)24-18-13-20(17-7-2-1-3-8-17)21(14-18)25(24)27(29)32/h1-12,18,20-21,24-25H,13-15H2,(H,28,30)/t18-,20+,21+,24+,25-/m0/s1. The molecular formula is C27H24N2O3. The van der Waals surface area contributed by atoms with Crippen LogP contribution < -0.4 is 5.32 Å². The summed E-state index contributed by atoms with van der Waals surface area (Å²) in [7, 11) is 0. The third-order valence-corrected chi connectivity index (χ3v) is 7.70. The van der Waals surface area contributed by atoms with E-state index in [1.165, 1.54) is 10.5 Å². The largest absolute Gasteiger partial charge is 0.324 e. The maximum atomic E-state index is 13.3. The fraction of sp³-hybridized carbons (Fsp3) is 0.296. The van der Waals surface area contributed by atoms with Crippen molar-refractivity contribution in [3.63, 3.8) is 0 Å². The zero-order valence-corrected chi connectivity index (χ0v) is 17.6. The number of hydrogen-bond acceptors (Lipinski definition) is 3. The van der Waals surface area contributed by atoms with Gasteiger partial charge in [0.2, 0.25) is 17.7 Å². The molecule has 2 aliphatic carbocycles. The molecule has 6 rings (SSSR count). The van der Waals surface area contributed by atoms with E-state index in [2.05, 4.69) is 17.4 Å². The molecule has 2 saturated carbocycles. The predicted molar refractivity (Wildman–Crippen MR) is 122 cm³/mol. The minimum absolute atomic E-state index is 0.160. The van der Waals surface area contributed by atoms with Gasteiger partial charge in [0, 0.05) is 11.1 Å². The van der Waals surface area contributed by atoms with E-state index in [1.807, 2.05) is 60.7 Å². The molecule has 160 valence electrons. The van der Waals surface area contributed by atoms with Gasteiger partial charge in [0.15, 0.2) is 0 Å². The van der Waals surface area contributed by atoms with Crippen LogP contribution in [-0.4, -0.2) is 29.2 Å². The van der Waals surface area contributed by atoms with Crippen molar-refractivity contribution in [3.05, 3.63) is 78.4 Å². The first-order valence-electron chi connectivity index (χ1n) is 11.3. The van der Waals surface area contributed by atoms with Gasteiger partial charge in [-0.25, -0.2) is 0 Å². The van der Waals surface area contributed by atoms with Gasteiger partial charge in [-0.1, -0.05) is 66.7 Å². The normalized spacial score (nSPS) is 28.4. The highest BCUT2D eigenvalue weighted by Gasteiger charge is 2.63. The van der Waals surface area contributed by atoms with Crippen LogP contribution in [0, 0.1) is 23.7 Å². The van der Waals surface area contributed by atoms with E-state index >= 15 is 0 Å². The summed E-state index contributed by atoms with van der Waals surface area (Å²) in [6, 6.07) is 23.8. The summed E-state index contributed by atoms with van der Waals surface area (Å²) in [5, 5.41) is 4.86. The van der Waals surface area contributed by atoms with Gasteiger partial charge in [-0.3, -0.25) is 19.3 Å². The number of hydrogen-bond donors (Lipinski definition) is 1. The molecule has 0 radical (unpaired) electrons. The van der Waals surface area contributed by atoms with E-state index in [-0.39, 0.29) is 47.9 Å². The number of carbonyl (C=O) groups is 3. The van der Waals surface area contributed by atoms with Gasteiger partial charge in [-0.05, 0) is 47.6 Å². The molecule has 5 heteroatoms. The molecule has 3 aliphatic rings. The topological polar surface area (TPSA) is 66.5 Å². The maximum absolute atomic E-state index is 13.3. The molecule has 0 aromatic heterocycles. The average molecular weight is 425 g/mol. The van der Waals surface area contributed by atoms with Gasteiger partial charge in [0.05, 0.1) is 11.8 Å². The van der Waals surface area contributed by atoms with Crippen molar-refractivity contribution in [2.45, 2.75) is 18.8 Å². The fourth-order valence-electron chi connectivity index (χ4n) is 6.43. The first-order chi connectivity index (χ1) is 15.6. The molecule has 1 saturated heterocycles.